The number of benzene rings is 1. The molecule has 0 amide bonds. The number of aliphatic imine (C=N–C) groups is 1. The van der Waals surface area contributed by atoms with E-state index in [2.05, 4.69) is 9.98 Å². The zero-order valence-corrected chi connectivity index (χ0v) is 10.3. The van der Waals surface area contributed by atoms with E-state index in [0.717, 1.165) is 12.3 Å². The Morgan fingerprint density at radius 3 is 2.53 bits per heavy atom. The maximum Gasteiger partial charge on any atom is 0.417 e. The lowest BCUT2D eigenvalue weighted by Gasteiger charge is -2.09. The molecule has 0 radical (unpaired) electrons. The third kappa shape index (κ3) is 3.32. The van der Waals surface area contributed by atoms with Crippen molar-refractivity contribution >= 4 is 23.5 Å². The van der Waals surface area contributed by atoms with Gasteiger partial charge in [-0.15, -0.1) is 0 Å². The first-order valence-corrected chi connectivity index (χ1v) is 5.67. The molecule has 98 valence electrons. The number of hydrogen-bond donors (Lipinski definition) is 0. The Bertz CT molecular complexity index is 609. The Morgan fingerprint density at radius 1 is 1.11 bits per heavy atom. The van der Waals surface area contributed by atoms with E-state index in [-0.39, 0.29) is 10.7 Å². The molecule has 0 saturated heterocycles. The zero-order chi connectivity index (χ0) is 13.9. The molecule has 1 aromatic heterocycles. The highest BCUT2D eigenvalue weighted by atomic mass is 35.5. The van der Waals surface area contributed by atoms with Crippen LogP contribution < -0.4 is 0 Å². The summed E-state index contributed by atoms with van der Waals surface area (Å²) in [6, 6.07) is 8.37. The van der Waals surface area contributed by atoms with Crippen LogP contribution in [0.25, 0.3) is 0 Å². The van der Waals surface area contributed by atoms with Crippen LogP contribution in [0.2, 0.25) is 5.15 Å². The molecule has 2 rings (SSSR count). The monoisotopic (exact) mass is 284 g/mol. The van der Waals surface area contributed by atoms with E-state index in [9.17, 15) is 13.2 Å². The van der Waals surface area contributed by atoms with E-state index in [1.807, 2.05) is 0 Å². The molecule has 0 aliphatic rings. The van der Waals surface area contributed by atoms with Crippen molar-refractivity contribution in [3.05, 3.63) is 58.9 Å². The van der Waals surface area contributed by atoms with Gasteiger partial charge in [-0.3, -0.25) is 4.99 Å². The highest BCUT2D eigenvalue weighted by Gasteiger charge is 2.32. The maximum atomic E-state index is 12.8. The van der Waals surface area contributed by atoms with Crippen molar-refractivity contribution in [2.24, 2.45) is 4.99 Å². The normalized spacial score (nSPS) is 12.0. The Kier molecular flexibility index (Phi) is 3.85. The van der Waals surface area contributed by atoms with Gasteiger partial charge >= 0.3 is 6.18 Å². The lowest BCUT2D eigenvalue weighted by atomic mass is 10.1. The summed E-state index contributed by atoms with van der Waals surface area (Å²) in [4.78, 5) is 7.72. The number of rotatable bonds is 2. The second-order valence-electron chi connectivity index (χ2n) is 3.66. The minimum atomic E-state index is -4.42. The summed E-state index contributed by atoms with van der Waals surface area (Å²) in [5, 5.41) is 0.142. The standard InChI is InChI=1S/C13H8ClF3N2/c14-12-11(6-3-7-18-12)19-8-9-4-1-2-5-10(9)13(15,16)17/h1-8H. The molecule has 2 aromatic rings. The fourth-order valence-corrected chi connectivity index (χ4v) is 1.65. The predicted molar refractivity (Wildman–Crippen MR) is 67.9 cm³/mol. The number of pyridine rings is 1. The molecule has 0 spiro atoms. The number of aromatic nitrogens is 1. The second kappa shape index (κ2) is 5.40. The summed E-state index contributed by atoms with van der Waals surface area (Å²) in [5.41, 5.74) is -0.435. The van der Waals surface area contributed by atoms with Crippen LogP contribution in [0.15, 0.2) is 47.6 Å². The van der Waals surface area contributed by atoms with Crippen molar-refractivity contribution < 1.29 is 13.2 Å². The van der Waals surface area contributed by atoms with Gasteiger partial charge in [0, 0.05) is 18.0 Å². The van der Waals surface area contributed by atoms with Crippen molar-refractivity contribution in [2.75, 3.05) is 0 Å². The van der Waals surface area contributed by atoms with Gasteiger partial charge < -0.3 is 0 Å². The molecule has 6 heteroatoms. The summed E-state index contributed by atoms with van der Waals surface area (Å²) < 4.78 is 38.3. The first kappa shape index (κ1) is 13.5. The van der Waals surface area contributed by atoms with E-state index < -0.39 is 11.7 Å². The number of alkyl halides is 3. The van der Waals surface area contributed by atoms with Crippen LogP contribution in [0.5, 0.6) is 0 Å². The smallest absolute Gasteiger partial charge is 0.253 e. The molecule has 1 aromatic carbocycles. The summed E-state index contributed by atoms with van der Waals surface area (Å²) >= 11 is 5.77. The van der Waals surface area contributed by atoms with Crippen LogP contribution in [0.4, 0.5) is 18.9 Å². The predicted octanol–water partition coefficient (Wildman–Crippen LogP) is 4.50. The highest BCUT2D eigenvalue weighted by Crippen LogP contribution is 2.31. The molecule has 0 aliphatic heterocycles. The molecule has 0 fully saturated rings. The van der Waals surface area contributed by atoms with Gasteiger partial charge in [0.2, 0.25) is 0 Å². The first-order valence-electron chi connectivity index (χ1n) is 5.29. The second-order valence-corrected chi connectivity index (χ2v) is 4.01. The third-order valence-electron chi connectivity index (χ3n) is 2.35. The van der Waals surface area contributed by atoms with Crippen LogP contribution in [0.3, 0.4) is 0 Å². The van der Waals surface area contributed by atoms with Crippen molar-refractivity contribution in [1.82, 2.24) is 4.98 Å². The molecule has 19 heavy (non-hydrogen) atoms. The van der Waals surface area contributed by atoms with E-state index in [1.54, 1.807) is 12.1 Å². The van der Waals surface area contributed by atoms with Gasteiger partial charge in [0.1, 0.15) is 5.69 Å². The van der Waals surface area contributed by atoms with Crippen LogP contribution in [0, 0.1) is 0 Å². The number of nitrogens with zero attached hydrogens (tertiary/aromatic N) is 2. The van der Waals surface area contributed by atoms with E-state index >= 15 is 0 Å². The van der Waals surface area contributed by atoms with Gasteiger partial charge in [0.25, 0.3) is 0 Å². The topological polar surface area (TPSA) is 25.2 Å². The Labute approximate surface area is 112 Å². The lowest BCUT2D eigenvalue weighted by Crippen LogP contribution is -2.08. The fourth-order valence-electron chi connectivity index (χ4n) is 1.48. The Balaban J connectivity index is 2.37. The first-order chi connectivity index (χ1) is 8.98. The Morgan fingerprint density at radius 2 is 1.84 bits per heavy atom. The molecule has 0 unspecified atom stereocenters. The lowest BCUT2D eigenvalue weighted by molar-refractivity contribution is -0.137. The van der Waals surface area contributed by atoms with Crippen LogP contribution in [-0.4, -0.2) is 11.2 Å². The van der Waals surface area contributed by atoms with Crippen molar-refractivity contribution in [3.63, 3.8) is 0 Å². The molecule has 2 nitrogen and oxygen atoms in total. The average Bonchev–Trinajstić information content (AvgIpc) is 2.37. The summed E-state index contributed by atoms with van der Waals surface area (Å²) in [6.07, 6.45) is -1.81. The molecule has 0 N–H and O–H groups in total. The minimum absolute atomic E-state index is 0.0186. The minimum Gasteiger partial charge on any atom is -0.253 e. The van der Waals surface area contributed by atoms with E-state index in [0.29, 0.717) is 5.69 Å². The van der Waals surface area contributed by atoms with Gasteiger partial charge in [0.05, 0.1) is 5.56 Å². The molecular formula is C13H8ClF3N2. The van der Waals surface area contributed by atoms with Gasteiger partial charge in [-0.2, -0.15) is 13.2 Å². The Hall–Kier alpha value is -1.88. The molecular weight excluding hydrogens is 277 g/mol. The molecule has 0 atom stereocenters. The molecule has 0 bridgehead atoms. The van der Waals surface area contributed by atoms with Crippen molar-refractivity contribution in [3.8, 4) is 0 Å². The van der Waals surface area contributed by atoms with Gasteiger partial charge in [-0.1, -0.05) is 29.8 Å². The van der Waals surface area contributed by atoms with Crippen LogP contribution in [-0.2, 0) is 6.18 Å². The third-order valence-corrected chi connectivity index (χ3v) is 2.64. The zero-order valence-electron chi connectivity index (χ0n) is 9.53. The van der Waals surface area contributed by atoms with Crippen LogP contribution >= 0.6 is 11.6 Å². The van der Waals surface area contributed by atoms with Crippen molar-refractivity contribution in [2.45, 2.75) is 6.18 Å². The maximum absolute atomic E-state index is 12.8. The molecule has 0 saturated carbocycles. The summed E-state index contributed by atoms with van der Waals surface area (Å²) in [7, 11) is 0. The molecule has 1 heterocycles. The van der Waals surface area contributed by atoms with Gasteiger partial charge in [-0.25, -0.2) is 4.98 Å². The van der Waals surface area contributed by atoms with Gasteiger partial charge in [-0.05, 0) is 18.2 Å². The van der Waals surface area contributed by atoms with Crippen LogP contribution in [0.1, 0.15) is 11.1 Å². The summed E-state index contributed by atoms with van der Waals surface area (Å²) in [5.74, 6) is 0. The highest BCUT2D eigenvalue weighted by molar-refractivity contribution is 6.31. The van der Waals surface area contributed by atoms with E-state index in [4.69, 9.17) is 11.6 Å². The van der Waals surface area contributed by atoms with Gasteiger partial charge in [0.15, 0.2) is 5.15 Å². The quantitative estimate of drug-likeness (QED) is 0.588. The largest absolute Gasteiger partial charge is 0.417 e. The van der Waals surface area contributed by atoms with Crippen molar-refractivity contribution in [1.29, 1.82) is 0 Å². The SMILES string of the molecule is FC(F)(F)c1ccccc1C=Nc1cccnc1Cl. The summed E-state index contributed by atoms with van der Waals surface area (Å²) in [6.45, 7) is 0. The number of hydrogen-bond acceptors (Lipinski definition) is 2. The fraction of sp³-hybridized carbons (Fsp3) is 0.0769. The van der Waals surface area contributed by atoms with E-state index in [1.165, 1.54) is 24.4 Å². The average molecular weight is 285 g/mol. The molecule has 0 aliphatic carbocycles. The number of halogens is 4.